The van der Waals surface area contributed by atoms with E-state index in [1.165, 1.54) is 31.3 Å². The van der Waals surface area contributed by atoms with E-state index in [9.17, 15) is 22.2 Å². The molecule has 0 bridgehead atoms. The van der Waals surface area contributed by atoms with E-state index in [-0.39, 0.29) is 10.8 Å². The lowest BCUT2D eigenvalue weighted by molar-refractivity contribution is -0.109. The van der Waals surface area contributed by atoms with E-state index in [0.29, 0.717) is 24.5 Å². The van der Waals surface area contributed by atoms with Gasteiger partial charge in [0.25, 0.3) is 5.91 Å². The van der Waals surface area contributed by atoms with E-state index < -0.39 is 20.8 Å². The lowest BCUT2D eigenvalue weighted by Crippen LogP contribution is -2.35. The lowest BCUT2D eigenvalue weighted by atomic mass is 9.99. The van der Waals surface area contributed by atoms with E-state index in [2.05, 4.69) is 32.8 Å². The van der Waals surface area contributed by atoms with E-state index in [1.54, 1.807) is 11.2 Å². The van der Waals surface area contributed by atoms with Gasteiger partial charge in [-0.25, -0.2) is 13.1 Å². The molecule has 244 valence electrons. The molecule has 12 heteroatoms. The number of nitrogens with one attached hydrogen (secondary N) is 2. The summed E-state index contributed by atoms with van der Waals surface area (Å²) in [4.78, 5) is 26.6. The molecular weight excluding hydrogens is 656 g/mol. The van der Waals surface area contributed by atoms with E-state index >= 15 is 0 Å². The quantitative estimate of drug-likeness (QED) is 0.163. The lowest BCUT2D eigenvalue weighted by Gasteiger charge is -2.24. The van der Waals surface area contributed by atoms with Crippen molar-refractivity contribution in [2.24, 2.45) is 0 Å². The van der Waals surface area contributed by atoms with Crippen LogP contribution in [0.4, 0.5) is 0 Å². The van der Waals surface area contributed by atoms with Gasteiger partial charge in [0.05, 0.1) is 10.4 Å². The molecule has 4 aromatic carbocycles. The molecule has 1 atom stereocenters. The number of amides is 2. The van der Waals surface area contributed by atoms with Crippen LogP contribution >= 0.6 is 11.6 Å². The van der Waals surface area contributed by atoms with E-state index in [0.717, 1.165) is 62.3 Å². The van der Waals surface area contributed by atoms with Gasteiger partial charge in [0, 0.05) is 58.2 Å². The minimum atomic E-state index is -3.32. The van der Waals surface area contributed by atoms with Crippen LogP contribution in [-0.2, 0) is 38.5 Å². The second kappa shape index (κ2) is 14.6. The smallest absolute Gasteiger partial charge is 0.270 e. The molecule has 2 amide bonds. The maximum Gasteiger partial charge on any atom is 0.270 e. The molecule has 0 saturated carbocycles. The molecule has 0 spiro atoms. The maximum atomic E-state index is 13.3. The predicted molar refractivity (Wildman–Crippen MR) is 187 cm³/mol. The number of hydrogen-bond acceptors (Lipinski definition) is 5. The second-order valence-corrected chi connectivity index (χ2v) is 14.7. The zero-order chi connectivity index (χ0) is 33.7. The Hall–Kier alpha value is -4.29. The number of carbonyl (C=O) groups excluding carboxylic acids is 2. The van der Waals surface area contributed by atoms with Crippen molar-refractivity contribution in [2.75, 3.05) is 33.4 Å². The van der Waals surface area contributed by atoms with Crippen molar-refractivity contribution in [3.63, 3.8) is 0 Å². The molecule has 1 aliphatic rings. The summed E-state index contributed by atoms with van der Waals surface area (Å²) in [7, 11) is -1.12. The van der Waals surface area contributed by atoms with Crippen molar-refractivity contribution < 1.29 is 22.2 Å². The number of benzene rings is 4. The Kier molecular flexibility index (Phi) is 10.6. The molecule has 0 saturated heterocycles. The third kappa shape index (κ3) is 7.49. The molecule has 0 radical (unpaired) electrons. The normalized spacial score (nSPS) is 13.4. The average Bonchev–Trinajstić information content (AvgIpc) is 3.41. The van der Waals surface area contributed by atoms with Crippen LogP contribution in [0.3, 0.4) is 0 Å². The van der Waals surface area contributed by atoms with Gasteiger partial charge in [-0.3, -0.25) is 13.8 Å². The van der Waals surface area contributed by atoms with Crippen molar-refractivity contribution in [3.8, 4) is 16.8 Å². The molecule has 2 N–H and O–H groups in total. The van der Waals surface area contributed by atoms with Crippen molar-refractivity contribution in [1.29, 1.82) is 0 Å². The number of hydrogen-bond donors (Lipinski definition) is 2. The molecule has 0 fully saturated rings. The highest BCUT2D eigenvalue weighted by Crippen LogP contribution is 2.36. The number of fused-ring (bicyclic) bond motifs is 3. The van der Waals surface area contributed by atoms with Crippen molar-refractivity contribution >= 4 is 55.6 Å². The maximum absolute atomic E-state index is 13.3. The van der Waals surface area contributed by atoms with Gasteiger partial charge >= 0.3 is 0 Å². The average molecular weight is 691 g/mol. The fraction of sp³-hybridized carbons (Fsp3) is 0.200. The zero-order valence-corrected chi connectivity index (χ0v) is 28.6. The van der Waals surface area contributed by atoms with Crippen LogP contribution in [-0.4, -0.2) is 67.9 Å². The van der Waals surface area contributed by atoms with Crippen molar-refractivity contribution in [3.05, 3.63) is 113 Å². The number of sulfonamides is 1. The molecule has 5 aromatic rings. The van der Waals surface area contributed by atoms with Crippen LogP contribution in [0.1, 0.15) is 21.6 Å². The Morgan fingerprint density at radius 1 is 0.936 bits per heavy atom. The van der Waals surface area contributed by atoms with Crippen LogP contribution in [0.2, 0.25) is 5.02 Å². The van der Waals surface area contributed by atoms with Gasteiger partial charge in [-0.1, -0.05) is 41.9 Å². The number of carbonyl (C=O) groups is 2. The van der Waals surface area contributed by atoms with Crippen LogP contribution in [0, 0.1) is 0 Å². The molecule has 47 heavy (non-hydrogen) atoms. The highest BCUT2D eigenvalue weighted by Gasteiger charge is 2.30. The summed E-state index contributed by atoms with van der Waals surface area (Å²) in [5.41, 5.74) is 6.98. The van der Waals surface area contributed by atoms with Gasteiger partial charge in [-0.2, -0.15) is 0 Å². The zero-order valence-electron chi connectivity index (χ0n) is 26.2. The fourth-order valence-electron chi connectivity index (χ4n) is 5.50. The monoisotopic (exact) mass is 690 g/mol. The summed E-state index contributed by atoms with van der Waals surface area (Å²) in [6.07, 6.45) is 3.94. The summed E-state index contributed by atoms with van der Waals surface area (Å²) in [6, 6.07) is 28.3. The highest BCUT2D eigenvalue weighted by atomic mass is 35.5. The Balaban J connectivity index is 0.000000305. The third-order valence-corrected chi connectivity index (χ3v) is 10.7. The van der Waals surface area contributed by atoms with Crippen LogP contribution in [0.5, 0.6) is 0 Å². The SMILES string of the molecule is CN1CCc2c(n(-c3ccc(CCNC=O)cc3)c3ccc(-c4ccc(S(C)=O)cc4)cc23)C1=O.CNS(=O)(=O)c1ccc(Cl)cc1. The predicted octanol–water partition coefficient (Wildman–Crippen LogP) is 5.20. The molecule has 1 aromatic heterocycles. The summed E-state index contributed by atoms with van der Waals surface area (Å²) >= 11 is 5.59. The first-order valence-electron chi connectivity index (χ1n) is 14.9. The number of nitrogens with zero attached hydrogens (tertiary/aromatic N) is 2. The molecule has 1 aliphatic heterocycles. The number of rotatable bonds is 9. The fourth-order valence-corrected chi connectivity index (χ4v) is 6.88. The summed E-state index contributed by atoms with van der Waals surface area (Å²) in [6.45, 7) is 1.28. The Bertz CT molecular complexity index is 2040. The second-order valence-electron chi connectivity index (χ2n) is 11.0. The summed E-state index contributed by atoms with van der Waals surface area (Å²) in [5.74, 6) is 0.0260. The van der Waals surface area contributed by atoms with Crippen LogP contribution < -0.4 is 10.0 Å². The van der Waals surface area contributed by atoms with Gasteiger partial charge in [0.15, 0.2) is 0 Å². The van der Waals surface area contributed by atoms with Crippen molar-refractivity contribution in [2.45, 2.75) is 22.6 Å². The first kappa shape index (κ1) is 34.1. The molecular formula is C35H35ClN4O5S2. The topological polar surface area (TPSA) is 118 Å². The summed E-state index contributed by atoms with van der Waals surface area (Å²) in [5, 5.41) is 4.29. The molecule has 1 unspecified atom stereocenters. The Labute approximate surface area is 282 Å². The van der Waals surface area contributed by atoms with Crippen molar-refractivity contribution in [1.82, 2.24) is 19.5 Å². The number of likely N-dealkylation sites (N-methyl/N-ethyl adjacent to an activating group) is 1. The molecule has 6 rings (SSSR count). The van der Waals surface area contributed by atoms with Gasteiger partial charge in [0.2, 0.25) is 16.4 Å². The van der Waals surface area contributed by atoms with Gasteiger partial charge in [0.1, 0.15) is 5.69 Å². The highest BCUT2D eigenvalue weighted by molar-refractivity contribution is 7.89. The van der Waals surface area contributed by atoms with Crippen LogP contribution in [0.25, 0.3) is 27.7 Å². The Morgan fingerprint density at radius 3 is 2.21 bits per heavy atom. The minimum absolute atomic E-state index is 0.0260. The van der Waals surface area contributed by atoms with Gasteiger partial charge < -0.3 is 14.8 Å². The number of aromatic nitrogens is 1. The number of halogens is 1. The molecule has 2 heterocycles. The van der Waals surface area contributed by atoms with E-state index in [4.69, 9.17) is 11.6 Å². The minimum Gasteiger partial charge on any atom is -0.358 e. The Morgan fingerprint density at radius 2 is 1.60 bits per heavy atom. The summed E-state index contributed by atoms with van der Waals surface area (Å²) < 4.78 is 38.4. The first-order chi connectivity index (χ1) is 22.5. The molecule has 0 aliphatic carbocycles. The van der Waals surface area contributed by atoms with E-state index in [1.807, 2.05) is 55.6 Å². The van der Waals surface area contributed by atoms with Crippen LogP contribution in [0.15, 0.2) is 101 Å². The van der Waals surface area contributed by atoms with Gasteiger partial charge in [-0.05, 0) is 103 Å². The largest absolute Gasteiger partial charge is 0.358 e. The first-order valence-corrected chi connectivity index (χ1v) is 18.3. The third-order valence-electron chi connectivity index (χ3n) is 8.07. The standard InChI is InChI=1S/C28H27N3O3S.C7H8ClNO2S/c1-30-16-14-24-25-17-21(20-5-10-23(11-6-20)35(2)34)7-12-26(25)31(27(24)28(30)33)22-8-3-19(4-9-22)13-15-29-18-32;1-9-12(10,11)7-4-2-6(8)3-5-7/h3-12,17-18H,13-16H2,1-2H3,(H,29,32);2-5,9H,1H3. The van der Waals surface area contributed by atoms with Gasteiger partial charge in [-0.15, -0.1) is 0 Å². The molecule has 9 nitrogen and oxygen atoms in total.